The van der Waals surface area contributed by atoms with E-state index in [-0.39, 0.29) is 6.04 Å². The molecule has 0 aliphatic heterocycles. The molecule has 1 unspecified atom stereocenters. The second-order valence-electron chi connectivity index (χ2n) is 3.03. The lowest BCUT2D eigenvalue weighted by molar-refractivity contribution is 0.762. The van der Waals surface area contributed by atoms with Crippen LogP contribution in [0.5, 0.6) is 0 Å². The van der Waals surface area contributed by atoms with E-state index in [1.165, 1.54) is 0 Å². The number of pyridine rings is 1. The largest absolute Gasteiger partial charge is 0.323 e. The van der Waals surface area contributed by atoms with Gasteiger partial charge in [0.2, 0.25) is 0 Å². The molecule has 13 heavy (non-hydrogen) atoms. The molecule has 0 aliphatic rings. The molecule has 3 nitrogen and oxygen atoms in total. The summed E-state index contributed by atoms with van der Waals surface area (Å²) in [6.07, 6.45) is 1.78. The lowest BCUT2D eigenvalue weighted by Gasteiger charge is -2.08. The maximum absolute atomic E-state index is 5.83. The van der Waals surface area contributed by atoms with Crippen molar-refractivity contribution in [2.24, 2.45) is 5.73 Å². The third-order valence-electron chi connectivity index (χ3n) is 2.02. The highest BCUT2D eigenvalue weighted by Gasteiger charge is 2.06. The lowest BCUT2D eigenvalue weighted by atomic mass is 10.2. The summed E-state index contributed by atoms with van der Waals surface area (Å²) >= 11 is 3.38. The molecule has 0 bridgehead atoms. The number of aromatic nitrogens is 2. The molecular formula is C9H10BrN3. The van der Waals surface area contributed by atoms with Gasteiger partial charge in [0, 0.05) is 11.7 Å². The fourth-order valence-corrected chi connectivity index (χ4v) is 1.80. The summed E-state index contributed by atoms with van der Waals surface area (Å²) in [4.78, 5) is 4.16. The molecule has 0 aromatic carbocycles. The number of nitrogens with two attached hydrogens (primary N) is 1. The average Bonchev–Trinajstić information content (AvgIpc) is 2.48. The van der Waals surface area contributed by atoms with Crippen molar-refractivity contribution in [2.45, 2.75) is 13.0 Å². The molecule has 1 atom stereocenters. The van der Waals surface area contributed by atoms with Gasteiger partial charge in [0.1, 0.15) is 10.9 Å². The Kier molecular flexibility index (Phi) is 2.09. The van der Waals surface area contributed by atoms with Crippen LogP contribution in [0.2, 0.25) is 0 Å². The maximum atomic E-state index is 5.83. The molecule has 0 spiro atoms. The molecule has 2 N–H and O–H groups in total. The van der Waals surface area contributed by atoms with Crippen LogP contribution in [-0.4, -0.2) is 9.38 Å². The summed E-state index contributed by atoms with van der Waals surface area (Å²) in [7, 11) is 0. The molecule has 0 saturated heterocycles. The van der Waals surface area contributed by atoms with Gasteiger partial charge in [0.15, 0.2) is 0 Å². The summed E-state index contributed by atoms with van der Waals surface area (Å²) in [5.41, 5.74) is 7.94. The number of nitrogens with zero attached hydrogens (tertiary/aromatic N) is 2. The van der Waals surface area contributed by atoms with Gasteiger partial charge < -0.3 is 10.1 Å². The number of imidazole rings is 1. The zero-order chi connectivity index (χ0) is 9.42. The zero-order valence-electron chi connectivity index (χ0n) is 7.24. The van der Waals surface area contributed by atoms with Crippen molar-refractivity contribution < 1.29 is 0 Å². The first-order chi connectivity index (χ1) is 6.20. The van der Waals surface area contributed by atoms with Crippen molar-refractivity contribution in [1.82, 2.24) is 9.38 Å². The van der Waals surface area contributed by atoms with Crippen LogP contribution in [0.25, 0.3) is 5.52 Å². The van der Waals surface area contributed by atoms with Crippen molar-refractivity contribution in [3.63, 3.8) is 0 Å². The quantitative estimate of drug-likeness (QED) is 0.829. The molecule has 2 aromatic rings. The van der Waals surface area contributed by atoms with Gasteiger partial charge in [-0.15, -0.1) is 0 Å². The Labute approximate surface area is 84.7 Å². The Bertz CT molecular complexity index is 433. The van der Waals surface area contributed by atoms with E-state index in [2.05, 4.69) is 20.9 Å². The van der Waals surface area contributed by atoms with E-state index in [0.29, 0.717) is 0 Å². The number of fused-ring (bicyclic) bond motifs is 1. The minimum Gasteiger partial charge on any atom is -0.323 e. The third kappa shape index (κ3) is 1.36. The third-order valence-corrected chi connectivity index (χ3v) is 2.63. The summed E-state index contributed by atoms with van der Waals surface area (Å²) in [6.45, 7) is 1.96. The average molecular weight is 240 g/mol. The van der Waals surface area contributed by atoms with Crippen molar-refractivity contribution in [3.8, 4) is 0 Å². The van der Waals surface area contributed by atoms with E-state index in [1.807, 2.05) is 29.5 Å². The zero-order valence-corrected chi connectivity index (χ0v) is 8.82. The van der Waals surface area contributed by atoms with Crippen molar-refractivity contribution >= 4 is 21.4 Å². The van der Waals surface area contributed by atoms with Gasteiger partial charge >= 0.3 is 0 Å². The Morgan fingerprint density at radius 1 is 1.54 bits per heavy atom. The second kappa shape index (κ2) is 3.12. The van der Waals surface area contributed by atoms with Crippen molar-refractivity contribution in [2.75, 3.05) is 0 Å². The Hall–Kier alpha value is -0.870. The minimum absolute atomic E-state index is 0.0183. The van der Waals surface area contributed by atoms with Gasteiger partial charge in [0.25, 0.3) is 0 Å². The number of halogens is 1. The van der Waals surface area contributed by atoms with Gasteiger partial charge in [-0.05, 0) is 35.0 Å². The second-order valence-corrected chi connectivity index (χ2v) is 3.78. The van der Waals surface area contributed by atoms with Crippen LogP contribution >= 0.6 is 15.9 Å². The van der Waals surface area contributed by atoms with Crippen LogP contribution in [-0.2, 0) is 0 Å². The smallest absolute Gasteiger partial charge is 0.131 e. The normalized spacial score (nSPS) is 13.5. The van der Waals surface area contributed by atoms with E-state index < -0.39 is 0 Å². The summed E-state index contributed by atoms with van der Waals surface area (Å²) < 4.78 is 2.85. The van der Waals surface area contributed by atoms with E-state index >= 15 is 0 Å². The first-order valence-corrected chi connectivity index (χ1v) is 4.86. The summed E-state index contributed by atoms with van der Waals surface area (Å²) in [5.74, 6) is 0. The van der Waals surface area contributed by atoms with Gasteiger partial charge in [-0.3, -0.25) is 0 Å². The van der Waals surface area contributed by atoms with E-state index in [4.69, 9.17) is 5.73 Å². The maximum Gasteiger partial charge on any atom is 0.131 e. The Morgan fingerprint density at radius 2 is 2.31 bits per heavy atom. The predicted molar refractivity (Wildman–Crippen MR) is 55.5 cm³/mol. The van der Waals surface area contributed by atoms with Crippen LogP contribution in [0.4, 0.5) is 0 Å². The molecule has 0 saturated carbocycles. The van der Waals surface area contributed by atoms with Gasteiger partial charge in [-0.1, -0.05) is 6.07 Å². The summed E-state index contributed by atoms with van der Waals surface area (Å²) in [5, 5.41) is 0. The molecular weight excluding hydrogens is 230 g/mol. The molecule has 2 aromatic heterocycles. The Morgan fingerprint density at radius 3 is 3.00 bits per heavy atom. The predicted octanol–water partition coefficient (Wildman–Crippen LogP) is 2.12. The topological polar surface area (TPSA) is 43.3 Å². The van der Waals surface area contributed by atoms with E-state index in [0.717, 1.165) is 15.8 Å². The number of hydrogen-bond donors (Lipinski definition) is 1. The molecule has 68 valence electrons. The minimum atomic E-state index is 0.0183. The number of rotatable bonds is 1. The molecule has 2 rings (SSSR count). The molecule has 0 fully saturated rings. The Balaban J connectivity index is 2.77. The van der Waals surface area contributed by atoms with Crippen molar-refractivity contribution in [1.29, 1.82) is 0 Å². The molecule has 2 heterocycles. The highest BCUT2D eigenvalue weighted by molar-refractivity contribution is 9.10. The first kappa shape index (κ1) is 8.72. The molecule has 0 radical (unpaired) electrons. The standard InChI is InChI=1S/C9H10BrN3/c1-6(11)7-3-2-4-8-9(10)12-5-13(7)8/h2-6H,11H2,1H3. The van der Waals surface area contributed by atoms with Crippen molar-refractivity contribution in [3.05, 3.63) is 34.8 Å². The first-order valence-electron chi connectivity index (χ1n) is 4.07. The lowest BCUT2D eigenvalue weighted by Crippen LogP contribution is -2.09. The molecule has 0 aliphatic carbocycles. The van der Waals surface area contributed by atoms with Crippen LogP contribution in [0.1, 0.15) is 18.7 Å². The SMILES string of the molecule is CC(N)c1cccc2c(Br)ncn12. The molecule has 0 amide bonds. The van der Waals surface area contributed by atoms with Gasteiger partial charge in [0.05, 0.1) is 5.52 Å². The van der Waals surface area contributed by atoms with E-state index in [9.17, 15) is 0 Å². The summed E-state index contributed by atoms with van der Waals surface area (Å²) in [6, 6.07) is 6.01. The van der Waals surface area contributed by atoms with Crippen LogP contribution in [0.15, 0.2) is 29.1 Å². The monoisotopic (exact) mass is 239 g/mol. The van der Waals surface area contributed by atoms with Crippen LogP contribution in [0, 0.1) is 0 Å². The van der Waals surface area contributed by atoms with Crippen LogP contribution in [0.3, 0.4) is 0 Å². The van der Waals surface area contributed by atoms with E-state index in [1.54, 1.807) is 6.33 Å². The highest BCUT2D eigenvalue weighted by Crippen LogP contribution is 2.19. The van der Waals surface area contributed by atoms with Gasteiger partial charge in [-0.2, -0.15) is 0 Å². The number of hydrogen-bond acceptors (Lipinski definition) is 2. The fraction of sp³-hybridized carbons (Fsp3) is 0.222. The fourth-order valence-electron chi connectivity index (χ4n) is 1.38. The van der Waals surface area contributed by atoms with Crippen LogP contribution < -0.4 is 5.73 Å². The van der Waals surface area contributed by atoms with Gasteiger partial charge in [-0.25, -0.2) is 4.98 Å². The molecule has 4 heteroatoms. The highest BCUT2D eigenvalue weighted by atomic mass is 79.9.